The largest absolute Gasteiger partial charge is 0.477 e. The maximum Gasteiger partial charge on any atom is 0.341 e. The van der Waals surface area contributed by atoms with Gasteiger partial charge in [-0.25, -0.2) is 9.78 Å². The number of rotatable bonds is 3. The van der Waals surface area contributed by atoms with Crippen molar-refractivity contribution < 1.29 is 9.90 Å². The SMILES string of the molecule is CC(C)c1cc(C(=O)O)c(=O)n(-c2ccc(Cl)cn2)n1. The molecule has 0 unspecified atom stereocenters. The van der Waals surface area contributed by atoms with E-state index in [2.05, 4.69) is 10.1 Å². The maximum absolute atomic E-state index is 12.1. The first kappa shape index (κ1) is 14.2. The number of pyridine rings is 1. The lowest BCUT2D eigenvalue weighted by Gasteiger charge is -2.10. The molecule has 104 valence electrons. The number of hydrogen-bond donors (Lipinski definition) is 1. The quantitative estimate of drug-likeness (QED) is 0.936. The van der Waals surface area contributed by atoms with Crippen molar-refractivity contribution in [3.8, 4) is 5.82 Å². The first-order valence-electron chi connectivity index (χ1n) is 5.89. The molecule has 0 saturated carbocycles. The van der Waals surface area contributed by atoms with E-state index in [4.69, 9.17) is 16.7 Å². The fourth-order valence-corrected chi connectivity index (χ4v) is 1.71. The molecule has 2 heterocycles. The number of carboxylic acid groups (broad SMARTS) is 1. The highest BCUT2D eigenvalue weighted by molar-refractivity contribution is 6.30. The summed E-state index contributed by atoms with van der Waals surface area (Å²) in [6.07, 6.45) is 1.37. The van der Waals surface area contributed by atoms with Gasteiger partial charge in [0.05, 0.1) is 10.7 Å². The predicted octanol–water partition coefficient (Wildman–Crippen LogP) is 2.10. The topological polar surface area (TPSA) is 85.1 Å². The average Bonchev–Trinajstić information content (AvgIpc) is 2.39. The van der Waals surface area contributed by atoms with Crippen molar-refractivity contribution in [3.63, 3.8) is 0 Å². The monoisotopic (exact) mass is 293 g/mol. The van der Waals surface area contributed by atoms with Gasteiger partial charge in [0.2, 0.25) is 0 Å². The summed E-state index contributed by atoms with van der Waals surface area (Å²) >= 11 is 5.74. The van der Waals surface area contributed by atoms with Crippen LogP contribution in [0.15, 0.2) is 29.2 Å². The zero-order valence-electron chi connectivity index (χ0n) is 10.9. The first-order valence-corrected chi connectivity index (χ1v) is 6.27. The predicted molar refractivity (Wildman–Crippen MR) is 73.7 cm³/mol. The Morgan fingerprint density at radius 1 is 1.40 bits per heavy atom. The molecule has 0 aliphatic heterocycles. The van der Waals surface area contributed by atoms with Gasteiger partial charge in [-0.1, -0.05) is 25.4 Å². The van der Waals surface area contributed by atoms with Crippen molar-refractivity contribution in [2.24, 2.45) is 0 Å². The lowest BCUT2D eigenvalue weighted by atomic mass is 10.1. The lowest BCUT2D eigenvalue weighted by molar-refractivity contribution is 0.0694. The summed E-state index contributed by atoms with van der Waals surface area (Å²) in [5.41, 5.74) is -0.559. The van der Waals surface area contributed by atoms with E-state index in [-0.39, 0.29) is 17.3 Å². The van der Waals surface area contributed by atoms with Crippen LogP contribution in [0.1, 0.15) is 35.8 Å². The summed E-state index contributed by atoms with van der Waals surface area (Å²) < 4.78 is 0.981. The molecular formula is C13H12ClN3O3. The van der Waals surface area contributed by atoms with Gasteiger partial charge in [0.25, 0.3) is 5.56 Å². The molecule has 2 rings (SSSR count). The number of halogens is 1. The van der Waals surface area contributed by atoms with E-state index in [1.807, 2.05) is 13.8 Å². The molecule has 0 fully saturated rings. The van der Waals surface area contributed by atoms with Crippen LogP contribution in [0.25, 0.3) is 5.82 Å². The molecule has 0 aliphatic carbocycles. The average molecular weight is 294 g/mol. The summed E-state index contributed by atoms with van der Waals surface area (Å²) in [6.45, 7) is 3.72. The summed E-state index contributed by atoms with van der Waals surface area (Å²) in [4.78, 5) is 27.3. The molecule has 1 N–H and O–H groups in total. The van der Waals surface area contributed by atoms with Gasteiger partial charge in [0.1, 0.15) is 5.56 Å². The minimum Gasteiger partial charge on any atom is -0.477 e. The molecule has 0 amide bonds. The molecule has 6 nitrogen and oxygen atoms in total. The van der Waals surface area contributed by atoms with Gasteiger partial charge in [-0.05, 0) is 24.1 Å². The van der Waals surface area contributed by atoms with Crippen LogP contribution in [0.4, 0.5) is 0 Å². The van der Waals surface area contributed by atoms with Crippen LogP contribution in [0, 0.1) is 0 Å². The van der Waals surface area contributed by atoms with E-state index in [1.54, 1.807) is 6.07 Å². The van der Waals surface area contributed by atoms with Crippen LogP contribution in [0.3, 0.4) is 0 Å². The van der Waals surface area contributed by atoms with E-state index < -0.39 is 11.5 Å². The fourth-order valence-electron chi connectivity index (χ4n) is 1.60. The van der Waals surface area contributed by atoms with Crippen molar-refractivity contribution in [2.75, 3.05) is 0 Å². The molecule has 0 radical (unpaired) electrons. The third-order valence-corrected chi connectivity index (χ3v) is 2.90. The minimum atomic E-state index is -1.29. The van der Waals surface area contributed by atoms with Crippen molar-refractivity contribution in [1.82, 2.24) is 14.8 Å². The third-order valence-electron chi connectivity index (χ3n) is 2.68. The third kappa shape index (κ3) is 2.70. The Bertz CT molecular complexity index is 708. The van der Waals surface area contributed by atoms with Crippen molar-refractivity contribution in [2.45, 2.75) is 19.8 Å². The maximum atomic E-state index is 12.1. The van der Waals surface area contributed by atoms with E-state index in [1.165, 1.54) is 18.3 Å². The Kier molecular flexibility index (Phi) is 3.85. The standard InChI is InChI=1S/C13H12ClN3O3/c1-7(2)10-5-9(13(19)20)12(18)17(16-10)11-4-3-8(14)6-15-11/h3-7H,1-2H3,(H,19,20). The summed E-state index contributed by atoms with van der Waals surface area (Å²) in [5.74, 6) is -1.08. The van der Waals surface area contributed by atoms with Crippen molar-refractivity contribution in [1.29, 1.82) is 0 Å². The zero-order chi connectivity index (χ0) is 14.9. The highest BCUT2D eigenvalue weighted by atomic mass is 35.5. The van der Waals surface area contributed by atoms with Gasteiger partial charge in [0.15, 0.2) is 5.82 Å². The van der Waals surface area contributed by atoms with E-state index >= 15 is 0 Å². The van der Waals surface area contributed by atoms with E-state index in [0.717, 1.165) is 4.68 Å². The van der Waals surface area contributed by atoms with Gasteiger partial charge in [-0.3, -0.25) is 4.79 Å². The Hall–Kier alpha value is -2.21. The highest BCUT2D eigenvalue weighted by Gasteiger charge is 2.17. The van der Waals surface area contributed by atoms with Crippen molar-refractivity contribution in [3.05, 3.63) is 51.0 Å². The Morgan fingerprint density at radius 3 is 2.60 bits per heavy atom. The van der Waals surface area contributed by atoms with Crippen LogP contribution in [-0.4, -0.2) is 25.8 Å². The Labute approximate surface area is 119 Å². The highest BCUT2D eigenvalue weighted by Crippen LogP contribution is 2.13. The Balaban J connectivity index is 2.71. The zero-order valence-corrected chi connectivity index (χ0v) is 11.6. The number of nitrogens with zero attached hydrogens (tertiary/aromatic N) is 3. The molecule has 0 aliphatic rings. The summed E-state index contributed by atoms with van der Waals surface area (Å²) in [7, 11) is 0. The van der Waals surface area contributed by atoms with Gasteiger partial charge in [0, 0.05) is 6.20 Å². The van der Waals surface area contributed by atoms with Crippen LogP contribution in [0.5, 0.6) is 0 Å². The number of hydrogen-bond acceptors (Lipinski definition) is 4. The van der Waals surface area contributed by atoms with Crippen LogP contribution >= 0.6 is 11.6 Å². The molecule has 0 atom stereocenters. The fraction of sp³-hybridized carbons (Fsp3) is 0.231. The van der Waals surface area contributed by atoms with Crippen LogP contribution in [0.2, 0.25) is 5.02 Å². The summed E-state index contributed by atoms with van der Waals surface area (Å²) in [6, 6.07) is 4.36. The molecule has 0 saturated heterocycles. The Morgan fingerprint density at radius 2 is 2.10 bits per heavy atom. The number of aromatic carboxylic acids is 1. The van der Waals surface area contributed by atoms with Gasteiger partial charge >= 0.3 is 5.97 Å². The summed E-state index contributed by atoms with van der Waals surface area (Å²) in [5, 5.41) is 13.7. The second kappa shape index (κ2) is 5.42. The van der Waals surface area contributed by atoms with Gasteiger partial charge in [-0.15, -0.1) is 0 Å². The number of carboxylic acids is 1. The van der Waals surface area contributed by atoms with Gasteiger partial charge < -0.3 is 5.11 Å². The molecule has 0 spiro atoms. The molecule has 7 heteroatoms. The normalized spacial score (nSPS) is 10.8. The molecule has 0 aromatic carbocycles. The molecule has 2 aromatic heterocycles. The van der Waals surface area contributed by atoms with Crippen LogP contribution < -0.4 is 5.56 Å². The van der Waals surface area contributed by atoms with Crippen LogP contribution in [-0.2, 0) is 0 Å². The van der Waals surface area contributed by atoms with E-state index in [9.17, 15) is 9.59 Å². The van der Waals surface area contributed by atoms with Crippen molar-refractivity contribution >= 4 is 17.6 Å². The molecule has 20 heavy (non-hydrogen) atoms. The molecule has 2 aromatic rings. The smallest absolute Gasteiger partial charge is 0.341 e. The number of carbonyl (C=O) groups is 1. The minimum absolute atomic E-state index is 0.0211. The number of aromatic nitrogens is 3. The second-order valence-corrected chi connectivity index (χ2v) is 4.93. The second-order valence-electron chi connectivity index (χ2n) is 4.49. The molecular weight excluding hydrogens is 282 g/mol. The molecule has 0 bridgehead atoms. The van der Waals surface area contributed by atoms with E-state index in [0.29, 0.717) is 10.7 Å². The lowest BCUT2D eigenvalue weighted by Crippen LogP contribution is -2.29. The van der Waals surface area contributed by atoms with Gasteiger partial charge in [-0.2, -0.15) is 9.78 Å². The first-order chi connectivity index (χ1) is 9.40.